The number of anilines is 2. The Morgan fingerprint density at radius 1 is 1.24 bits per heavy atom. The highest BCUT2D eigenvalue weighted by Crippen LogP contribution is 2.42. The van der Waals surface area contributed by atoms with Crippen molar-refractivity contribution < 1.29 is 18.4 Å². The maximum Gasteiger partial charge on any atom is 0.255 e. The van der Waals surface area contributed by atoms with E-state index < -0.39 is 23.0 Å². The number of halogens is 2. The summed E-state index contributed by atoms with van der Waals surface area (Å²) in [6.45, 7) is 2.99. The van der Waals surface area contributed by atoms with E-state index in [1.165, 1.54) is 23.7 Å². The van der Waals surface area contributed by atoms with Crippen molar-refractivity contribution in [3.05, 3.63) is 65.0 Å². The van der Waals surface area contributed by atoms with E-state index in [9.17, 15) is 18.4 Å². The van der Waals surface area contributed by atoms with E-state index in [4.69, 9.17) is 5.73 Å². The number of nitrogens with two attached hydrogens (primary N) is 1. The van der Waals surface area contributed by atoms with Crippen molar-refractivity contribution in [1.82, 2.24) is 24.7 Å². The van der Waals surface area contributed by atoms with E-state index in [0.29, 0.717) is 22.3 Å². The largest absolute Gasteiger partial charge is 0.383 e. The predicted molar refractivity (Wildman–Crippen MR) is 119 cm³/mol. The number of benzene rings is 1. The van der Waals surface area contributed by atoms with Gasteiger partial charge in [-0.25, -0.2) is 13.8 Å². The van der Waals surface area contributed by atoms with Gasteiger partial charge in [0, 0.05) is 18.9 Å². The quantitative estimate of drug-likeness (QED) is 0.466. The van der Waals surface area contributed by atoms with Crippen molar-refractivity contribution in [3.8, 4) is 5.95 Å². The van der Waals surface area contributed by atoms with Crippen LogP contribution in [-0.2, 0) is 21.4 Å². The minimum absolute atomic E-state index is 0.00855. The molecule has 1 aromatic carbocycles. The molecule has 1 amide bonds. The summed E-state index contributed by atoms with van der Waals surface area (Å²) in [5.41, 5.74) is 6.70. The van der Waals surface area contributed by atoms with E-state index in [-0.39, 0.29) is 41.7 Å². The molecule has 3 aromatic heterocycles. The topological polar surface area (TPSA) is 129 Å². The Labute approximate surface area is 192 Å². The highest BCUT2D eigenvalue weighted by Gasteiger charge is 2.47. The van der Waals surface area contributed by atoms with Crippen molar-refractivity contribution in [2.24, 2.45) is 0 Å². The van der Waals surface area contributed by atoms with Crippen molar-refractivity contribution in [3.63, 3.8) is 0 Å². The Balaban J connectivity index is 1.66. The second kappa shape index (κ2) is 7.65. The fourth-order valence-corrected chi connectivity index (χ4v) is 4.35. The second-order valence-corrected chi connectivity index (χ2v) is 8.45. The summed E-state index contributed by atoms with van der Waals surface area (Å²) >= 11 is 0. The lowest BCUT2D eigenvalue weighted by atomic mass is 9.80. The maximum absolute atomic E-state index is 14.3. The average molecular weight is 463 g/mol. The first-order valence-corrected chi connectivity index (χ1v) is 10.4. The number of nitrogens with zero attached hydrogens (tertiary/aromatic N) is 5. The van der Waals surface area contributed by atoms with Crippen molar-refractivity contribution in [1.29, 1.82) is 0 Å². The first-order chi connectivity index (χ1) is 16.2. The number of nitrogens with one attached hydrogen (secondary N) is 1. The Kier molecular flexibility index (Phi) is 4.85. The number of carbonyl (C=O) groups excluding carboxylic acids is 2. The molecule has 9 nitrogen and oxygen atoms in total. The van der Waals surface area contributed by atoms with E-state index in [1.807, 2.05) is 0 Å². The number of hydrogen-bond donors (Lipinski definition) is 2. The molecule has 5 rings (SSSR count). The number of amides is 1. The first-order valence-electron chi connectivity index (χ1n) is 10.4. The third-order valence-corrected chi connectivity index (χ3v) is 5.87. The lowest BCUT2D eigenvalue weighted by Gasteiger charge is -2.21. The lowest BCUT2D eigenvalue weighted by molar-refractivity contribution is -0.125. The predicted octanol–water partition coefficient (Wildman–Crippen LogP) is 2.85. The smallest absolute Gasteiger partial charge is 0.255 e. The van der Waals surface area contributed by atoms with Crippen LogP contribution < -0.4 is 11.1 Å². The molecule has 4 aromatic rings. The van der Waals surface area contributed by atoms with Gasteiger partial charge in [0.25, 0.3) is 5.95 Å². The summed E-state index contributed by atoms with van der Waals surface area (Å²) in [6.07, 6.45) is 1.08. The number of ketones is 1. The number of nitrogen functional groups attached to an aromatic ring is 1. The molecule has 0 saturated carbocycles. The van der Waals surface area contributed by atoms with Gasteiger partial charge in [-0.2, -0.15) is 19.7 Å². The van der Waals surface area contributed by atoms with Crippen LogP contribution in [0.25, 0.3) is 17.0 Å². The maximum atomic E-state index is 14.3. The molecule has 1 aliphatic heterocycles. The molecule has 1 aliphatic rings. The van der Waals surface area contributed by atoms with Crippen LogP contribution in [0, 0.1) is 11.6 Å². The number of hydrogen-bond acceptors (Lipinski definition) is 7. The summed E-state index contributed by atoms with van der Waals surface area (Å²) in [5.74, 6) is -1.51. The molecule has 1 unspecified atom stereocenters. The zero-order chi connectivity index (χ0) is 24.2. The van der Waals surface area contributed by atoms with E-state index in [1.54, 1.807) is 25.1 Å². The molecule has 172 valence electrons. The Hall–Kier alpha value is -4.28. The van der Waals surface area contributed by atoms with Gasteiger partial charge in [0.05, 0.1) is 28.4 Å². The third kappa shape index (κ3) is 3.36. The molecule has 0 fully saturated rings. The van der Waals surface area contributed by atoms with Gasteiger partial charge in [-0.15, -0.1) is 0 Å². The summed E-state index contributed by atoms with van der Waals surface area (Å²) in [4.78, 5) is 37.3. The number of pyridine rings is 1. The number of rotatable bonds is 5. The highest BCUT2D eigenvalue weighted by atomic mass is 19.1. The Morgan fingerprint density at radius 3 is 2.74 bits per heavy atom. The molecule has 4 heterocycles. The summed E-state index contributed by atoms with van der Waals surface area (Å²) in [5, 5.41) is 7.14. The fraction of sp³-hybridized carbons (Fsp3) is 0.217. The van der Waals surface area contributed by atoms with E-state index in [0.717, 1.165) is 6.20 Å². The van der Waals surface area contributed by atoms with Crippen LogP contribution in [0.15, 0.2) is 36.5 Å². The van der Waals surface area contributed by atoms with Crippen LogP contribution in [0.1, 0.15) is 37.1 Å². The van der Waals surface area contributed by atoms with Crippen molar-refractivity contribution in [2.45, 2.75) is 32.1 Å². The molecule has 0 bridgehead atoms. The zero-order valence-electron chi connectivity index (χ0n) is 18.3. The van der Waals surface area contributed by atoms with Gasteiger partial charge in [0.15, 0.2) is 0 Å². The number of carbonyl (C=O) groups is 2. The molecule has 1 atom stereocenters. The van der Waals surface area contributed by atoms with Gasteiger partial charge in [0.2, 0.25) is 5.91 Å². The standard InChI is InChI=1S/C23H19F2N7O2/c1-11(33)9-23(2)17-19(26)28-22(30-20(17)29-21(23)34)32-16-8-13(24)10-27-18(16)15(31-32)7-12-5-3-4-6-14(12)25/h3-6,8,10H,7,9H2,1-2H3,(H3,26,28,29,30,34). The van der Waals surface area contributed by atoms with Gasteiger partial charge in [0.1, 0.15) is 34.6 Å². The number of fused-ring (bicyclic) bond motifs is 2. The van der Waals surface area contributed by atoms with Crippen LogP contribution in [0.4, 0.5) is 20.4 Å². The molecule has 0 radical (unpaired) electrons. The summed E-state index contributed by atoms with van der Waals surface area (Å²) in [6, 6.07) is 7.46. The van der Waals surface area contributed by atoms with Gasteiger partial charge < -0.3 is 11.1 Å². The zero-order valence-corrected chi connectivity index (χ0v) is 18.3. The van der Waals surface area contributed by atoms with Crippen molar-refractivity contribution in [2.75, 3.05) is 11.1 Å². The Morgan fingerprint density at radius 2 is 2.00 bits per heavy atom. The molecule has 3 N–H and O–H groups in total. The fourth-order valence-electron chi connectivity index (χ4n) is 4.35. The molecule has 11 heteroatoms. The van der Waals surface area contributed by atoms with E-state index >= 15 is 0 Å². The molecular formula is C23H19F2N7O2. The lowest BCUT2D eigenvalue weighted by Crippen LogP contribution is -2.33. The SMILES string of the molecule is CC(=O)CC1(C)C(=O)Nc2nc(-n3nc(Cc4ccccc4F)c4ncc(F)cc43)nc(N)c21. The average Bonchev–Trinajstić information content (AvgIpc) is 3.23. The van der Waals surface area contributed by atoms with Crippen LogP contribution in [0.2, 0.25) is 0 Å². The summed E-state index contributed by atoms with van der Waals surface area (Å²) in [7, 11) is 0. The van der Waals surface area contributed by atoms with Gasteiger partial charge >= 0.3 is 0 Å². The van der Waals surface area contributed by atoms with Crippen molar-refractivity contribution >= 4 is 34.4 Å². The molecule has 34 heavy (non-hydrogen) atoms. The molecular weight excluding hydrogens is 444 g/mol. The minimum Gasteiger partial charge on any atom is -0.383 e. The van der Waals surface area contributed by atoms with Crippen LogP contribution in [0.5, 0.6) is 0 Å². The van der Waals surface area contributed by atoms with Gasteiger partial charge in [-0.3, -0.25) is 9.59 Å². The minimum atomic E-state index is -1.21. The van der Waals surface area contributed by atoms with Crippen LogP contribution >= 0.6 is 0 Å². The summed E-state index contributed by atoms with van der Waals surface area (Å²) < 4.78 is 29.6. The molecule has 0 spiro atoms. The van der Waals surface area contributed by atoms with E-state index in [2.05, 4.69) is 25.4 Å². The highest BCUT2D eigenvalue weighted by molar-refractivity contribution is 6.08. The second-order valence-electron chi connectivity index (χ2n) is 8.45. The third-order valence-electron chi connectivity index (χ3n) is 5.87. The van der Waals surface area contributed by atoms with Crippen LogP contribution in [0.3, 0.4) is 0 Å². The molecule has 0 aliphatic carbocycles. The number of Topliss-reactive ketones (excluding diaryl/α,β-unsaturated/α-hetero) is 1. The normalized spacial score (nSPS) is 17.1. The first kappa shape index (κ1) is 21.6. The Bertz CT molecular complexity index is 1500. The number of aromatic nitrogens is 5. The van der Waals surface area contributed by atoms with Gasteiger partial charge in [-0.05, 0) is 25.5 Å². The van der Waals surface area contributed by atoms with Crippen LogP contribution in [-0.4, -0.2) is 36.4 Å². The monoisotopic (exact) mass is 463 g/mol. The molecule has 0 saturated heterocycles. The van der Waals surface area contributed by atoms with Gasteiger partial charge in [-0.1, -0.05) is 18.2 Å².